The molecule has 0 unspecified atom stereocenters. The van der Waals surface area contributed by atoms with Gasteiger partial charge >= 0.3 is 6.18 Å². The van der Waals surface area contributed by atoms with Gasteiger partial charge in [0, 0.05) is 0 Å². The molecule has 186 valence electrons. The average Bonchev–Trinajstić information content (AvgIpc) is 2.79. The number of hydrogen-bond acceptors (Lipinski definition) is 4. The van der Waals surface area contributed by atoms with Gasteiger partial charge < -0.3 is 9.47 Å². The first kappa shape index (κ1) is 27.5. The number of ether oxygens (including phenoxy) is 2. The Bertz CT molecular complexity index is 965. The summed E-state index contributed by atoms with van der Waals surface area (Å²) in [7, 11) is 0. The smallest absolute Gasteiger partial charge is 0.417 e. The van der Waals surface area contributed by atoms with Crippen LogP contribution in [0.15, 0.2) is 41.5 Å². The fourth-order valence-electron chi connectivity index (χ4n) is 3.28. The van der Waals surface area contributed by atoms with E-state index in [2.05, 4.69) is 17.5 Å². The Labute approximate surface area is 203 Å². The van der Waals surface area contributed by atoms with E-state index in [1.807, 2.05) is 6.92 Å². The summed E-state index contributed by atoms with van der Waals surface area (Å²) >= 11 is 6.38. The Morgan fingerprint density at radius 2 is 1.76 bits per heavy atom. The number of rotatable bonds is 13. The van der Waals surface area contributed by atoms with Crippen LogP contribution in [0, 0.1) is 0 Å². The van der Waals surface area contributed by atoms with E-state index in [9.17, 15) is 18.0 Å². The Hall–Kier alpha value is -2.74. The number of nitrogens with zero attached hydrogens (tertiary/aromatic N) is 1. The second kappa shape index (κ2) is 13.8. The molecule has 0 saturated heterocycles. The molecule has 2 aromatic rings. The number of carbonyl (C=O) groups is 1. The fraction of sp³-hybridized carbons (Fsp3) is 0.440. The van der Waals surface area contributed by atoms with Crippen LogP contribution < -0.4 is 14.9 Å². The highest BCUT2D eigenvalue weighted by Gasteiger charge is 2.34. The molecule has 0 aliphatic rings. The molecular weight excluding hydrogens is 469 g/mol. The number of carbonyl (C=O) groups excluding carboxylic acids is 1. The van der Waals surface area contributed by atoms with Crippen LogP contribution in [0.4, 0.5) is 13.2 Å². The van der Waals surface area contributed by atoms with Gasteiger partial charge in [-0.05, 0) is 43.2 Å². The monoisotopic (exact) mass is 498 g/mol. The molecule has 0 aromatic heterocycles. The van der Waals surface area contributed by atoms with Gasteiger partial charge in [-0.15, -0.1) is 0 Å². The highest BCUT2D eigenvalue weighted by Crippen LogP contribution is 2.36. The highest BCUT2D eigenvalue weighted by atomic mass is 35.5. The molecule has 1 amide bonds. The summed E-state index contributed by atoms with van der Waals surface area (Å²) in [6.45, 7) is 4.89. The minimum absolute atomic E-state index is 0.312. The second-order valence-corrected chi connectivity index (χ2v) is 8.03. The summed E-state index contributed by atoms with van der Waals surface area (Å²) in [6, 6.07) is 7.73. The van der Waals surface area contributed by atoms with E-state index in [0.717, 1.165) is 31.4 Å². The molecule has 0 radical (unpaired) electrons. The Morgan fingerprint density at radius 3 is 2.47 bits per heavy atom. The van der Waals surface area contributed by atoms with Crippen molar-refractivity contribution >= 4 is 23.7 Å². The molecule has 2 aromatic carbocycles. The molecule has 0 aliphatic carbocycles. The van der Waals surface area contributed by atoms with Crippen molar-refractivity contribution in [2.45, 2.75) is 58.5 Å². The third-order valence-corrected chi connectivity index (χ3v) is 5.21. The van der Waals surface area contributed by atoms with Crippen molar-refractivity contribution in [2.75, 3.05) is 13.2 Å². The summed E-state index contributed by atoms with van der Waals surface area (Å²) in [4.78, 5) is 12.2. The van der Waals surface area contributed by atoms with E-state index in [0.29, 0.717) is 35.3 Å². The van der Waals surface area contributed by atoms with Crippen LogP contribution in [0.5, 0.6) is 11.5 Å². The van der Waals surface area contributed by atoms with Gasteiger partial charge in [-0.3, -0.25) is 4.79 Å². The number of halogens is 4. The zero-order valence-corrected chi connectivity index (χ0v) is 20.1. The summed E-state index contributed by atoms with van der Waals surface area (Å²) < 4.78 is 50.8. The maximum Gasteiger partial charge on any atom is 0.417 e. The normalized spacial score (nSPS) is 11.6. The van der Waals surface area contributed by atoms with Gasteiger partial charge in [0.1, 0.15) is 0 Å². The molecule has 0 saturated carbocycles. The number of nitrogens with one attached hydrogen (secondary N) is 1. The van der Waals surface area contributed by atoms with Crippen LogP contribution in [0.2, 0.25) is 5.02 Å². The van der Waals surface area contributed by atoms with Crippen molar-refractivity contribution in [3.63, 3.8) is 0 Å². The molecule has 0 fully saturated rings. The van der Waals surface area contributed by atoms with Crippen molar-refractivity contribution in [3.8, 4) is 11.5 Å². The van der Waals surface area contributed by atoms with Crippen molar-refractivity contribution < 1.29 is 27.4 Å². The van der Waals surface area contributed by atoms with E-state index in [-0.39, 0.29) is 0 Å². The molecule has 9 heteroatoms. The van der Waals surface area contributed by atoms with Gasteiger partial charge in [0.2, 0.25) is 0 Å². The first-order valence-corrected chi connectivity index (χ1v) is 11.7. The Balaban J connectivity index is 2.04. The minimum Gasteiger partial charge on any atom is -0.490 e. The van der Waals surface area contributed by atoms with Crippen molar-refractivity contribution in [1.29, 1.82) is 0 Å². The summed E-state index contributed by atoms with van der Waals surface area (Å²) in [6.07, 6.45) is 3.42. The van der Waals surface area contributed by atoms with Crippen LogP contribution in [0.3, 0.4) is 0 Å². The first-order chi connectivity index (χ1) is 16.3. The number of unbranched alkanes of at least 4 members (excludes halogenated alkanes) is 5. The topological polar surface area (TPSA) is 59.9 Å². The van der Waals surface area contributed by atoms with Gasteiger partial charge in [0.15, 0.2) is 11.5 Å². The van der Waals surface area contributed by atoms with Gasteiger partial charge in [0.05, 0.1) is 35.6 Å². The van der Waals surface area contributed by atoms with Crippen LogP contribution >= 0.6 is 11.6 Å². The zero-order valence-electron chi connectivity index (χ0n) is 19.4. The van der Waals surface area contributed by atoms with E-state index < -0.39 is 23.2 Å². The molecule has 0 heterocycles. The van der Waals surface area contributed by atoms with E-state index >= 15 is 0 Å². The van der Waals surface area contributed by atoms with Crippen LogP contribution in [-0.2, 0) is 6.18 Å². The van der Waals surface area contributed by atoms with E-state index in [1.54, 1.807) is 12.1 Å². The molecule has 0 bridgehead atoms. The summed E-state index contributed by atoms with van der Waals surface area (Å²) in [5.74, 6) is -0.118. The van der Waals surface area contributed by atoms with E-state index in [4.69, 9.17) is 21.1 Å². The molecule has 34 heavy (non-hydrogen) atoms. The number of hydrazone groups is 1. The van der Waals surface area contributed by atoms with Crippen molar-refractivity contribution in [1.82, 2.24) is 5.43 Å². The first-order valence-electron chi connectivity index (χ1n) is 11.4. The molecule has 5 nitrogen and oxygen atoms in total. The number of alkyl halides is 3. The molecular formula is C25H30ClF3N2O3. The predicted octanol–water partition coefficient (Wildman–Crippen LogP) is 7.26. The lowest BCUT2D eigenvalue weighted by Gasteiger charge is -2.14. The maximum absolute atomic E-state index is 13.1. The van der Waals surface area contributed by atoms with Crippen LogP contribution in [0.1, 0.15) is 73.9 Å². The van der Waals surface area contributed by atoms with Gasteiger partial charge in [-0.25, -0.2) is 5.43 Å². The van der Waals surface area contributed by atoms with Crippen LogP contribution in [0.25, 0.3) is 0 Å². The van der Waals surface area contributed by atoms with Gasteiger partial charge in [-0.2, -0.15) is 18.3 Å². The molecule has 1 N–H and O–H groups in total. The third kappa shape index (κ3) is 8.56. The lowest BCUT2D eigenvalue weighted by molar-refractivity contribution is -0.137. The molecule has 2 rings (SSSR count). The number of hydrogen-bond donors (Lipinski definition) is 1. The average molecular weight is 499 g/mol. The SMILES string of the molecule is CCCCCCCCOc1c(Cl)cc(/C=N/NC(=O)c2ccccc2C(F)(F)F)cc1OCC. The van der Waals surface area contributed by atoms with Gasteiger partial charge in [-0.1, -0.05) is 62.8 Å². The van der Waals surface area contributed by atoms with Gasteiger partial charge in [0.25, 0.3) is 5.91 Å². The largest absolute Gasteiger partial charge is 0.490 e. The summed E-state index contributed by atoms with van der Waals surface area (Å²) in [5.41, 5.74) is 1.07. The molecule has 0 aliphatic heterocycles. The minimum atomic E-state index is -4.65. The van der Waals surface area contributed by atoms with Crippen molar-refractivity contribution in [3.05, 3.63) is 58.1 Å². The molecule has 0 spiro atoms. The Morgan fingerprint density at radius 1 is 1.06 bits per heavy atom. The lowest BCUT2D eigenvalue weighted by Crippen LogP contribution is -2.22. The third-order valence-electron chi connectivity index (χ3n) is 4.93. The Kier molecular flexibility index (Phi) is 11.2. The van der Waals surface area contributed by atoms with Crippen molar-refractivity contribution in [2.24, 2.45) is 5.10 Å². The highest BCUT2D eigenvalue weighted by molar-refractivity contribution is 6.32. The quantitative estimate of drug-likeness (QED) is 0.179. The number of benzene rings is 2. The standard InChI is InChI=1S/C25H30ClF3N2O3/c1-3-5-6-7-8-11-14-34-23-21(26)15-18(16-22(23)33-4-2)17-30-31-24(32)19-12-9-10-13-20(19)25(27,28)29/h9-10,12-13,15-17H,3-8,11,14H2,1-2H3,(H,31,32)/b30-17+. The lowest BCUT2D eigenvalue weighted by atomic mass is 10.1. The predicted molar refractivity (Wildman–Crippen MR) is 128 cm³/mol. The van der Waals surface area contributed by atoms with Crippen LogP contribution in [-0.4, -0.2) is 25.3 Å². The fourth-order valence-corrected chi connectivity index (χ4v) is 3.55. The van der Waals surface area contributed by atoms with E-state index in [1.165, 1.54) is 37.6 Å². The zero-order chi connectivity index (χ0) is 25.0. The maximum atomic E-state index is 13.1. The number of amides is 1. The second-order valence-electron chi connectivity index (χ2n) is 7.62. The summed E-state index contributed by atoms with van der Waals surface area (Å²) in [5, 5.41) is 4.09. The molecule has 0 atom stereocenters.